The van der Waals surface area contributed by atoms with E-state index in [0.717, 1.165) is 28.8 Å². The largest absolute Gasteiger partial charge is 0.306 e. The minimum absolute atomic E-state index is 0.0881. The molecule has 3 aromatic rings. The summed E-state index contributed by atoms with van der Waals surface area (Å²) in [4.78, 5) is 4.48. The number of nitrogens with zero attached hydrogens (tertiary/aromatic N) is 3. The average molecular weight is 280 g/mol. The van der Waals surface area contributed by atoms with Crippen LogP contribution in [-0.4, -0.2) is 20.3 Å². The summed E-state index contributed by atoms with van der Waals surface area (Å²) >= 11 is 0. The molecule has 3 rings (SSSR count). The Morgan fingerprint density at radius 1 is 1.10 bits per heavy atom. The number of pyridine rings is 1. The lowest BCUT2D eigenvalue weighted by molar-refractivity contribution is 0.420. The first-order valence-corrected chi connectivity index (χ1v) is 7.17. The topological polar surface area (TPSA) is 42.7 Å². The molecule has 0 saturated heterocycles. The van der Waals surface area contributed by atoms with Crippen LogP contribution in [0.3, 0.4) is 0 Å². The van der Waals surface area contributed by atoms with Crippen molar-refractivity contribution in [3.63, 3.8) is 0 Å². The fraction of sp³-hybridized carbons (Fsp3) is 0.294. The molecule has 0 atom stereocenters. The monoisotopic (exact) mass is 280 g/mol. The van der Waals surface area contributed by atoms with E-state index in [4.69, 9.17) is 0 Å². The second-order valence-electron chi connectivity index (χ2n) is 6.21. The van der Waals surface area contributed by atoms with E-state index in [-0.39, 0.29) is 5.54 Å². The zero-order valence-corrected chi connectivity index (χ0v) is 12.7. The third kappa shape index (κ3) is 3.11. The third-order valence-electron chi connectivity index (χ3n) is 3.30. The molecule has 2 heterocycles. The number of fused-ring (bicyclic) bond motifs is 1. The molecule has 0 radical (unpaired) electrons. The molecule has 1 N–H and O–H groups in total. The van der Waals surface area contributed by atoms with Gasteiger partial charge in [-0.15, -0.1) is 0 Å². The molecule has 0 fully saturated rings. The van der Waals surface area contributed by atoms with Gasteiger partial charge in [0.25, 0.3) is 0 Å². The van der Waals surface area contributed by atoms with Gasteiger partial charge in [-0.3, -0.25) is 4.98 Å². The number of hydrogen-bond donors (Lipinski definition) is 1. The zero-order chi connectivity index (χ0) is 14.9. The van der Waals surface area contributed by atoms with Crippen molar-refractivity contribution in [3.05, 3.63) is 54.5 Å². The molecule has 0 amide bonds. The van der Waals surface area contributed by atoms with E-state index in [0.29, 0.717) is 0 Å². The first-order valence-electron chi connectivity index (χ1n) is 7.17. The van der Waals surface area contributed by atoms with Crippen LogP contribution >= 0.6 is 0 Å². The highest BCUT2D eigenvalue weighted by molar-refractivity contribution is 5.86. The summed E-state index contributed by atoms with van der Waals surface area (Å²) in [6, 6.07) is 12.2. The molecule has 4 heteroatoms. The summed E-state index contributed by atoms with van der Waals surface area (Å²) in [5.74, 6) is 0. The molecule has 4 nitrogen and oxygen atoms in total. The molecule has 2 aromatic heterocycles. The van der Waals surface area contributed by atoms with Crippen LogP contribution in [0.2, 0.25) is 0 Å². The van der Waals surface area contributed by atoms with Gasteiger partial charge in [0.2, 0.25) is 0 Å². The molecule has 0 aliphatic carbocycles. The van der Waals surface area contributed by atoms with Gasteiger partial charge in [0.15, 0.2) is 0 Å². The quantitative estimate of drug-likeness (QED) is 0.800. The highest BCUT2D eigenvalue weighted by Crippen LogP contribution is 2.19. The van der Waals surface area contributed by atoms with Crippen molar-refractivity contribution in [1.82, 2.24) is 20.1 Å². The van der Waals surface area contributed by atoms with Crippen LogP contribution < -0.4 is 5.32 Å². The van der Waals surface area contributed by atoms with Crippen LogP contribution in [0.15, 0.2) is 48.8 Å². The normalized spacial score (nSPS) is 12.0. The molecule has 108 valence electrons. The Hall–Kier alpha value is -2.20. The average Bonchev–Trinajstić information content (AvgIpc) is 2.92. The summed E-state index contributed by atoms with van der Waals surface area (Å²) < 4.78 is 1.90. The highest BCUT2D eigenvalue weighted by Gasteiger charge is 2.10. The lowest BCUT2D eigenvalue weighted by atomic mass is 10.1. The standard InChI is InChI=1S/C17H20N4/c1-17(2,3)19-12-14-9-11-21(20-14)15-8-4-6-13-7-5-10-18-16(13)15/h4-11,19H,12H2,1-3H3. The van der Waals surface area contributed by atoms with Gasteiger partial charge in [-0.05, 0) is 39.0 Å². The minimum atomic E-state index is 0.0881. The van der Waals surface area contributed by atoms with E-state index in [1.165, 1.54) is 0 Å². The maximum atomic E-state index is 4.65. The Labute approximate surface area is 124 Å². The van der Waals surface area contributed by atoms with E-state index in [1.54, 1.807) is 0 Å². The fourth-order valence-corrected chi connectivity index (χ4v) is 2.22. The van der Waals surface area contributed by atoms with Crippen molar-refractivity contribution >= 4 is 10.9 Å². The number of aromatic nitrogens is 3. The molecular formula is C17H20N4. The third-order valence-corrected chi connectivity index (χ3v) is 3.30. The first kappa shape index (κ1) is 13.8. The summed E-state index contributed by atoms with van der Waals surface area (Å²) in [6.07, 6.45) is 3.81. The Kier molecular flexibility index (Phi) is 3.47. The number of benzene rings is 1. The molecule has 0 saturated carbocycles. The van der Waals surface area contributed by atoms with Crippen molar-refractivity contribution in [2.75, 3.05) is 0 Å². The van der Waals surface area contributed by atoms with E-state index in [9.17, 15) is 0 Å². The maximum absolute atomic E-state index is 4.65. The summed E-state index contributed by atoms with van der Waals surface area (Å²) in [6.45, 7) is 7.21. The molecule has 21 heavy (non-hydrogen) atoms. The van der Waals surface area contributed by atoms with Crippen molar-refractivity contribution in [2.45, 2.75) is 32.9 Å². The number of nitrogens with one attached hydrogen (secondary N) is 1. The van der Waals surface area contributed by atoms with Crippen molar-refractivity contribution in [2.24, 2.45) is 0 Å². The van der Waals surface area contributed by atoms with Gasteiger partial charge in [0, 0.05) is 29.9 Å². The van der Waals surface area contributed by atoms with Crippen LogP contribution in [0.4, 0.5) is 0 Å². The van der Waals surface area contributed by atoms with Crippen molar-refractivity contribution < 1.29 is 0 Å². The number of hydrogen-bond acceptors (Lipinski definition) is 3. The van der Waals surface area contributed by atoms with Gasteiger partial charge in [-0.2, -0.15) is 5.10 Å². The first-order chi connectivity index (χ1) is 10.0. The summed E-state index contributed by atoms with van der Waals surface area (Å²) in [5.41, 5.74) is 3.09. The van der Waals surface area contributed by atoms with E-state index >= 15 is 0 Å². The van der Waals surface area contributed by atoms with Crippen molar-refractivity contribution in [3.8, 4) is 5.69 Å². The predicted octanol–water partition coefficient (Wildman–Crippen LogP) is 3.31. The number of para-hydroxylation sites is 1. The molecule has 0 spiro atoms. The lowest BCUT2D eigenvalue weighted by Crippen LogP contribution is -2.35. The van der Waals surface area contributed by atoms with Crippen LogP contribution in [0.25, 0.3) is 16.6 Å². The molecule has 1 aromatic carbocycles. The minimum Gasteiger partial charge on any atom is -0.306 e. The Morgan fingerprint density at radius 3 is 2.71 bits per heavy atom. The van der Waals surface area contributed by atoms with Crippen LogP contribution in [0, 0.1) is 0 Å². The Balaban J connectivity index is 1.92. The van der Waals surface area contributed by atoms with Gasteiger partial charge in [0.05, 0.1) is 16.9 Å². The van der Waals surface area contributed by atoms with E-state index in [1.807, 2.05) is 41.3 Å². The Bertz CT molecular complexity index is 747. The van der Waals surface area contributed by atoms with Gasteiger partial charge < -0.3 is 5.32 Å². The van der Waals surface area contributed by atoms with Crippen molar-refractivity contribution in [1.29, 1.82) is 0 Å². The van der Waals surface area contributed by atoms with Crippen LogP contribution in [0.5, 0.6) is 0 Å². The molecule has 0 aliphatic heterocycles. The van der Waals surface area contributed by atoms with Gasteiger partial charge in [-0.25, -0.2) is 4.68 Å². The summed E-state index contributed by atoms with van der Waals surface area (Å²) in [7, 11) is 0. The van der Waals surface area contributed by atoms with Crippen LogP contribution in [0.1, 0.15) is 26.5 Å². The van der Waals surface area contributed by atoms with Gasteiger partial charge >= 0.3 is 0 Å². The number of rotatable bonds is 3. The highest BCUT2D eigenvalue weighted by atomic mass is 15.3. The lowest BCUT2D eigenvalue weighted by Gasteiger charge is -2.19. The Morgan fingerprint density at radius 2 is 1.90 bits per heavy atom. The maximum Gasteiger partial charge on any atom is 0.0958 e. The van der Waals surface area contributed by atoms with Gasteiger partial charge in [-0.1, -0.05) is 18.2 Å². The fourth-order valence-electron chi connectivity index (χ4n) is 2.22. The molecular weight excluding hydrogens is 260 g/mol. The van der Waals surface area contributed by atoms with Gasteiger partial charge in [0.1, 0.15) is 0 Å². The predicted molar refractivity (Wildman–Crippen MR) is 85.5 cm³/mol. The summed E-state index contributed by atoms with van der Waals surface area (Å²) in [5, 5.41) is 9.22. The molecule has 0 unspecified atom stereocenters. The second kappa shape index (κ2) is 5.30. The second-order valence-corrected chi connectivity index (χ2v) is 6.21. The molecule has 0 aliphatic rings. The van der Waals surface area contributed by atoms with E-state index in [2.05, 4.69) is 48.3 Å². The zero-order valence-electron chi connectivity index (χ0n) is 12.7. The smallest absolute Gasteiger partial charge is 0.0958 e. The SMILES string of the molecule is CC(C)(C)NCc1ccn(-c2cccc3cccnc23)n1. The van der Waals surface area contributed by atoms with Crippen LogP contribution in [-0.2, 0) is 6.54 Å². The molecule has 0 bridgehead atoms. The van der Waals surface area contributed by atoms with E-state index < -0.39 is 0 Å².